The van der Waals surface area contributed by atoms with Crippen LogP contribution in [0.4, 0.5) is 0 Å². The lowest BCUT2D eigenvalue weighted by Gasteiger charge is -2.09. The number of nitrogens with zero attached hydrogens (tertiary/aromatic N) is 2. The number of carbonyl (C=O) groups is 1. The number of furan rings is 1. The summed E-state index contributed by atoms with van der Waals surface area (Å²) in [5.41, 5.74) is 3.53. The van der Waals surface area contributed by atoms with Crippen LogP contribution in [0.1, 0.15) is 28.4 Å². The Bertz CT molecular complexity index is 1400. The Kier molecular flexibility index (Phi) is 5.81. The number of nitrogens with one attached hydrogen (secondary N) is 1. The van der Waals surface area contributed by atoms with E-state index in [4.69, 9.17) is 9.15 Å². The molecule has 0 fully saturated rings. The average Bonchev–Trinajstić information content (AvgIpc) is 3.38. The first-order chi connectivity index (χ1) is 16.2. The zero-order valence-corrected chi connectivity index (χ0v) is 18.5. The van der Waals surface area contributed by atoms with Crippen molar-refractivity contribution in [2.24, 2.45) is 0 Å². The van der Waals surface area contributed by atoms with Gasteiger partial charge in [-0.1, -0.05) is 48.5 Å². The van der Waals surface area contributed by atoms with Crippen LogP contribution in [0.3, 0.4) is 0 Å². The molecule has 5 aromatic rings. The molecule has 0 spiro atoms. The highest BCUT2D eigenvalue weighted by Crippen LogP contribution is 2.27. The van der Waals surface area contributed by atoms with Gasteiger partial charge in [0.05, 0.1) is 11.0 Å². The lowest BCUT2D eigenvalue weighted by molar-refractivity contribution is 0.0924. The van der Waals surface area contributed by atoms with Crippen molar-refractivity contribution in [3.05, 3.63) is 96.0 Å². The van der Waals surface area contributed by atoms with E-state index >= 15 is 0 Å². The molecule has 0 aliphatic rings. The summed E-state index contributed by atoms with van der Waals surface area (Å²) in [6.07, 6.45) is 0.781. The number of aryl methyl sites for hydroxylation is 2. The van der Waals surface area contributed by atoms with Crippen molar-refractivity contribution in [2.75, 3.05) is 6.54 Å². The predicted octanol–water partition coefficient (Wildman–Crippen LogP) is 5.49. The molecule has 166 valence electrons. The molecule has 0 aliphatic carbocycles. The Hall–Kier alpha value is -4.06. The summed E-state index contributed by atoms with van der Waals surface area (Å²) < 4.78 is 14.0. The van der Waals surface area contributed by atoms with Crippen molar-refractivity contribution in [2.45, 2.75) is 26.5 Å². The van der Waals surface area contributed by atoms with Crippen LogP contribution in [-0.2, 0) is 13.2 Å². The third kappa shape index (κ3) is 4.32. The number of hydrogen-bond donors (Lipinski definition) is 1. The predicted molar refractivity (Wildman–Crippen MR) is 128 cm³/mol. The zero-order chi connectivity index (χ0) is 22.6. The molecule has 2 aromatic heterocycles. The Morgan fingerprint density at radius 3 is 2.64 bits per heavy atom. The third-order valence-corrected chi connectivity index (χ3v) is 5.72. The van der Waals surface area contributed by atoms with Crippen LogP contribution in [0.5, 0.6) is 5.75 Å². The van der Waals surface area contributed by atoms with Crippen LogP contribution >= 0.6 is 0 Å². The van der Waals surface area contributed by atoms with Crippen LogP contribution in [0.2, 0.25) is 0 Å². The molecule has 0 atom stereocenters. The molecular weight excluding hydrogens is 414 g/mol. The van der Waals surface area contributed by atoms with Gasteiger partial charge in [-0.25, -0.2) is 4.98 Å². The Morgan fingerprint density at radius 2 is 1.76 bits per heavy atom. The van der Waals surface area contributed by atoms with Crippen molar-refractivity contribution in [3.8, 4) is 5.75 Å². The lowest BCUT2D eigenvalue weighted by Crippen LogP contribution is -2.26. The molecule has 0 bridgehead atoms. The minimum atomic E-state index is -0.231. The fourth-order valence-electron chi connectivity index (χ4n) is 4.10. The Balaban J connectivity index is 1.27. The zero-order valence-electron chi connectivity index (χ0n) is 18.5. The van der Waals surface area contributed by atoms with E-state index in [0.717, 1.165) is 46.5 Å². The number of rotatable bonds is 8. The molecule has 0 aliphatic heterocycles. The van der Waals surface area contributed by atoms with Crippen LogP contribution in [0.15, 0.2) is 83.3 Å². The van der Waals surface area contributed by atoms with Crippen LogP contribution in [0, 0.1) is 6.92 Å². The topological polar surface area (TPSA) is 69.3 Å². The van der Waals surface area contributed by atoms with E-state index in [1.165, 1.54) is 0 Å². The number of carbonyl (C=O) groups excluding carboxylic acids is 1. The standard InChI is InChI=1S/C27H25N3O3/c1-19-29-23-13-6-7-14-24(23)30(19)17-9-16-28-27(31)26-22(18-32-20-10-3-2-4-11-20)21-12-5-8-15-25(21)33-26/h2-8,10-15H,9,16-18H2,1H3,(H,28,31). The van der Waals surface area contributed by atoms with Crippen LogP contribution in [-0.4, -0.2) is 22.0 Å². The highest BCUT2D eigenvalue weighted by molar-refractivity contribution is 5.99. The number of amides is 1. The second-order valence-electron chi connectivity index (χ2n) is 7.92. The molecule has 0 unspecified atom stereocenters. The summed E-state index contributed by atoms with van der Waals surface area (Å²) in [5, 5.41) is 3.89. The molecule has 0 saturated heterocycles. The summed E-state index contributed by atoms with van der Waals surface area (Å²) in [6, 6.07) is 25.3. The third-order valence-electron chi connectivity index (χ3n) is 5.72. The van der Waals surface area contributed by atoms with E-state index in [1.54, 1.807) is 0 Å². The summed E-state index contributed by atoms with van der Waals surface area (Å²) in [6.45, 7) is 3.56. The summed E-state index contributed by atoms with van der Waals surface area (Å²) in [7, 11) is 0. The van der Waals surface area contributed by atoms with Gasteiger partial charge in [0.1, 0.15) is 23.8 Å². The van der Waals surface area contributed by atoms with Gasteiger partial charge in [-0.15, -0.1) is 0 Å². The van der Waals surface area contributed by atoms with Crippen LogP contribution in [0.25, 0.3) is 22.0 Å². The summed E-state index contributed by atoms with van der Waals surface area (Å²) in [4.78, 5) is 17.6. The fraction of sp³-hybridized carbons (Fsp3) is 0.185. The average molecular weight is 440 g/mol. The first kappa shape index (κ1) is 20.8. The monoisotopic (exact) mass is 439 g/mol. The van der Waals surface area contributed by atoms with Gasteiger partial charge < -0.3 is 19.0 Å². The largest absolute Gasteiger partial charge is 0.489 e. The molecule has 0 radical (unpaired) electrons. The van der Waals surface area contributed by atoms with Gasteiger partial charge in [0.15, 0.2) is 5.76 Å². The van der Waals surface area contributed by atoms with Crippen molar-refractivity contribution in [1.29, 1.82) is 0 Å². The molecule has 5 rings (SSSR count). The van der Waals surface area contributed by atoms with E-state index in [9.17, 15) is 4.79 Å². The molecule has 2 heterocycles. The maximum atomic E-state index is 13.0. The number of aromatic nitrogens is 2. The van der Waals surface area contributed by atoms with Gasteiger partial charge in [-0.2, -0.15) is 0 Å². The summed E-state index contributed by atoms with van der Waals surface area (Å²) >= 11 is 0. The molecule has 6 heteroatoms. The number of hydrogen-bond acceptors (Lipinski definition) is 4. The van der Waals surface area contributed by atoms with Gasteiger partial charge in [0, 0.05) is 24.0 Å². The smallest absolute Gasteiger partial charge is 0.287 e. The van der Waals surface area contributed by atoms with Crippen molar-refractivity contribution < 1.29 is 13.9 Å². The first-order valence-electron chi connectivity index (χ1n) is 11.1. The van der Waals surface area contributed by atoms with Gasteiger partial charge in [-0.3, -0.25) is 4.79 Å². The molecule has 1 amide bonds. The highest BCUT2D eigenvalue weighted by atomic mass is 16.5. The quantitative estimate of drug-likeness (QED) is 0.325. The number of benzene rings is 3. The minimum absolute atomic E-state index is 0.231. The summed E-state index contributed by atoms with van der Waals surface area (Å²) in [5.74, 6) is 1.79. The van der Waals surface area contributed by atoms with Gasteiger partial charge >= 0.3 is 0 Å². The minimum Gasteiger partial charge on any atom is -0.489 e. The normalized spacial score (nSPS) is 11.2. The maximum absolute atomic E-state index is 13.0. The molecule has 1 N–H and O–H groups in total. The maximum Gasteiger partial charge on any atom is 0.287 e. The lowest BCUT2D eigenvalue weighted by atomic mass is 10.1. The van der Waals surface area contributed by atoms with Crippen molar-refractivity contribution in [1.82, 2.24) is 14.9 Å². The van der Waals surface area contributed by atoms with E-state index < -0.39 is 0 Å². The molecule has 3 aromatic carbocycles. The number of fused-ring (bicyclic) bond motifs is 2. The van der Waals surface area contributed by atoms with E-state index in [2.05, 4.69) is 20.9 Å². The SMILES string of the molecule is Cc1nc2ccccc2n1CCCNC(=O)c1oc2ccccc2c1COc1ccccc1. The number of imidazole rings is 1. The molecule has 6 nitrogen and oxygen atoms in total. The number of para-hydroxylation sites is 4. The van der Waals surface area contributed by atoms with Crippen molar-refractivity contribution in [3.63, 3.8) is 0 Å². The van der Waals surface area contributed by atoms with E-state index in [-0.39, 0.29) is 12.5 Å². The van der Waals surface area contributed by atoms with E-state index in [0.29, 0.717) is 17.9 Å². The Morgan fingerprint density at radius 1 is 1.00 bits per heavy atom. The second-order valence-corrected chi connectivity index (χ2v) is 7.92. The van der Waals surface area contributed by atoms with Gasteiger partial charge in [0.25, 0.3) is 5.91 Å². The van der Waals surface area contributed by atoms with Gasteiger partial charge in [-0.05, 0) is 43.7 Å². The fourth-order valence-corrected chi connectivity index (χ4v) is 4.10. The second kappa shape index (κ2) is 9.20. The molecular formula is C27H25N3O3. The van der Waals surface area contributed by atoms with Gasteiger partial charge in [0.2, 0.25) is 0 Å². The van der Waals surface area contributed by atoms with Crippen molar-refractivity contribution >= 4 is 27.9 Å². The van der Waals surface area contributed by atoms with E-state index in [1.807, 2.05) is 79.7 Å². The Labute approximate surface area is 191 Å². The first-order valence-corrected chi connectivity index (χ1v) is 11.1. The molecule has 33 heavy (non-hydrogen) atoms. The van der Waals surface area contributed by atoms with Crippen LogP contribution < -0.4 is 10.1 Å². The number of ether oxygens (including phenoxy) is 1. The molecule has 0 saturated carbocycles. The highest BCUT2D eigenvalue weighted by Gasteiger charge is 2.21.